The summed E-state index contributed by atoms with van der Waals surface area (Å²) in [5.74, 6) is -0.358. The minimum absolute atomic E-state index is 0.102. The minimum Gasteiger partial charge on any atom is -0.493 e. The normalized spacial score (nSPS) is 10.4. The summed E-state index contributed by atoms with van der Waals surface area (Å²) < 4.78 is 21.4. The smallest absolute Gasteiger partial charge is 0.337 e. The number of rotatable bonds is 9. The predicted molar refractivity (Wildman–Crippen MR) is 140 cm³/mol. The van der Waals surface area contributed by atoms with Crippen LogP contribution >= 0.6 is 0 Å². The summed E-state index contributed by atoms with van der Waals surface area (Å²) >= 11 is 0. The van der Waals surface area contributed by atoms with Crippen molar-refractivity contribution in [3.05, 3.63) is 87.5 Å². The number of methoxy groups -OCH3 is 2. The molecule has 0 aromatic heterocycles. The molecule has 194 valence electrons. The summed E-state index contributed by atoms with van der Waals surface area (Å²) in [7, 11) is 2.46. The molecule has 0 saturated heterocycles. The maximum Gasteiger partial charge on any atom is 0.337 e. The van der Waals surface area contributed by atoms with E-state index in [-0.39, 0.29) is 23.4 Å². The number of carbonyl (C=O) groups excluding carboxylic acids is 3. The summed E-state index contributed by atoms with van der Waals surface area (Å²) in [5.41, 5.74) is 4.77. The molecule has 1 N–H and O–H groups in total. The van der Waals surface area contributed by atoms with E-state index in [1.54, 1.807) is 18.2 Å². The van der Waals surface area contributed by atoms with Gasteiger partial charge >= 0.3 is 11.9 Å². The molecule has 0 spiro atoms. The molecule has 37 heavy (non-hydrogen) atoms. The first-order valence-corrected chi connectivity index (χ1v) is 11.8. The minimum atomic E-state index is -0.650. The van der Waals surface area contributed by atoms with Crippen LogP contribution in [0.5, 0.6) is 11.5 Å². The number of aryl methyl sites for hydroxylation is 2. The number of esters is 2. The zero-order chi connectivity index (χ0) is 27.1. The van der Waals surface area contributed by atoms with E-state index in [0.29, 0.717) is 23.5 Å². The van der Waals surface area contributed by atoms with Crippen LogP contribution in [0.4, 0.5) is 5.69 Å². The Hall–Kier alpha value is -4.33. The number of benzene rings is 3. The lowest BCUT2D eigenvalue weighted by atomic mass is 10.1. The molecule has 0 fully saturated rings. The van der Waals surface area contributed by atoms with Crippen molar-refractivity contribution >= 4 is 23.5 Å². The largest absolute Gasteiger partial charge is 0.493 e. The average Bonchev–Trinajstić information content (AvgIpc) is 2.89. The summed E-state index contributed by atoms with van der Waals surface area (Å²) in [4.78, 5) is 37.3. The van der Waals surface area contributed by atoms with Crippen LogP contribution in [0.3, 0.4) is 0 Å². The van der Waals surface area contributed by atoms with E-state index in [4.69, 9.17) is 18.9 Å². The van der Waals surface area contributed by atoms with Crippen molar-refractivity contribution in [2.45, 2.75) is 34.3 Å². The maximum atomic E-state index is 13.1. The molecule has 3 rings (SSSR count). The zero-order valence-corrected chi connectivity index (χ0v) is 21.9. The molecule has 0 aliphatic rings. The fraction of sp³-hybridized carbons (Fsp3) is 0.276. The second-order valence-electron chi connectivity index (χ2n) is 8.49. The van der Waals surface area contributed by atoms with Gasteiger partial charge in [0.25, 0.3) is 5.91 Å². The average molecular weight is 506 g/mol. The van der Waals surface area contributed by atoms with Gasteiger partial charge < -0.3 is 24.3 Å². The molecule has 0 bridgehead atoms. The molecule has 1 amide bonds. The van der Waals surface area contributed by atoms with Crippen LogP contribution in [0.2, 0.25) is 0 Å². The van der Waals surface area contributed by atoms with Gasteiger partial charge in [-0.15, -0.1) is 0 Å². The Balaban J connectivity index is 1.89. The molecule has 0 heterocycles. The standard InChI is InChI=1S/C29H31NO7/c1-7-36-25-9-8-20(12-23(25)16-37-26-11-17(2)10-18(3)19(26)4)27(31)30-24-14-21(28(32)34-5)13-22(15-24)29(33)35-6/h8-15H,7,16H2,1-6H3,(H,30,31). The Bertz CT molecular complexity index is 1300. The Labute approximate surface area is 216 Å². The third-order valence-electron chi connectivity index (χ3n) is 5.80. The first-order chi connectivity index (χ1) is 17.7. The maximum absolute atomic E-state index is 13.1. The van der Waals surface area contributed by atoms with E-state index in [1.165, 1.54) is 32.4 Å². The fourth-order valence-corrected chi connectivity index (χ4v) is 3.81. The first kappa shape index (κ1) is 27.3. The van der Waals surface area contributed by atoms with Crippen LogP contribution in [-0.2, 0) is 16.1 Å². The van der Waals surface area contributed by atoms with Crippen molar-refractivity contribution in [3.63, 3.8) is 0 Å². The summed E-state index contributed by atoms with van der Waals surface area (Å²) in [6.45, 7) is 8.58. The fourth-order valence-electron chi connectivity index (χ4n) is 3.81. The van der Waals surface area contributed by atoms with Crippen LogP contribution in [0, 0.1) is 20.8 Å². The molecule has 0 aliphatic carbocycles. The number of nitrogens with one attached hydrogen (secondary N) is 1. The second kappa shape index (κ2) is 12.1. The monoisotopic (exact) mass is 505 g/mol. The van der Waals surface area contributed by atoms with Crippen LogP contribution in [0.25, 0.3) is 0 Å². The summed E-state index contributed by atoms with van der Waals surface area (Å²) in [6.07, 6.45) is 0. The van der Waals surface area contributed by atoms with Crippen molar-refractivity contribution in [2.75, 3.05) is 26.1 Å². The van der Waals surface area contributed by atoms with Gasteiger partial charge in [0, 0.05) is 16.8 Å². The van der Waals surface area contributed by atoms with Crippen molar-refractivity contribution in [2.24, 2.45) is 0 Å². The SMILES string of the molecule is CCOc1ccc(C(=O)Nc2cc(C(=O)OC)cc(C(=O)OC)c2)cc1COc1cc(C)cc(C)c1C. The summed E-state index contributed by atoms with van der Waals surface area (Å²) in [6, 6.07) is 13.3. The number of hydrogen-bond acceptors (Lipinski definition) is 7. The van der Waals surface area contributed by atoms with E-state index < -0.39 is 17.8 Å². The van der Waals surface area contributed by atoms with Crippen LogP contribution in [0.15, 0.2) is 48.5 Å². The van der Waals surface area contributed by atoms with Crippen molar-refractivity contribution in [1.29, 1.82) is 0 Å². The lowest BCUT2D eigenvalue weighted by Gasteiger charge is -2.16. The van der Waals surface area contributed by atoms with E-state index in [9.17, 15) is 14.4 Å². The van der Waals surface area contributed by atoms with Crippen LogP contribution in [0.1, 0.15) is 60.3 Å². The molecule has 8 nitrogen and oxygen atoms in total. The number of ether oxygens (including phenoxy) is 4. The number of amides is 1. The third-order valence-corrected chi connectivity index (χ3v) is 5.80. The molecule has 0 radical (unpaired) electrons. The first-order valence-electron chi connectivity index (χ1n) is 11.8. The zero-order valence-electron chi connectivity index (χ0n) is 21.9. The van der Waals surface area contributed by atoms with Crippen molar-refractivity contribution in [3.8, 4) is 11.5 Å². The molecule has 0 unspecified atom stereocenters. The molecule has 0 atom stereocenters. The van der Waals surface area contributed by atoms with Crippen molar-refractivity contribution in [1.82, 2.24) is 0 Å². The Morgan fingerprint density at radius 2 is 1.41 bits per heavy atom. The van der Waals surface area contributed by atoms with E-state index in [2.05, 4.69) is 11.4 Å². The molecule has 0 saturated carbocycles. The number of carbonyl (C=O) groups is 3. The van der Waals surface area contributed by atoms with Crippen molar-refractivity contribution < 1.29 is 33.3 Å². The number of anilines is 1. The van der Waals surface area contributed by atoms with Gasteiger partial charge in [0.1, 0.15) is 18.1 Å². The van der Waals surface area contributed by atoms with E-state index in [0.717, 1.165) is 22.4 Å². The highest BCUT2D eigenvalue weighted by Gasteiger charge is 2.17. The molecule has 0 aliphatic heterocycles. The Morgan fingerprint density at radius 1 is 0.757 bits per heavy atom. The Kier molecular flexibility index (Phi) is 8.90. The quantitative estimate of drug-likeness (QED) is 0.388. The highest BCUT2D eigenvalue weighted by Crippen LogP contribution is 2.27. The van der Waals surface area contributed by atoms with Crippen LogP contribution in [-0.4, -0.2) is 38.7 Å². The highest BCUT2D eigenvalue weighted by atomic mass is 16.5. The van der Waals surface area contributed by atoms with Gasteiger partial charge in [-0.1, -0.05) is 6.07 Å². The third kappa shape index (κ3) is 6.67. The van der Waals surface area contributed by atoms with Gasteiger partial charge in [-0.2, -0.15) is 0 Å². The van der Waals surface area contributed by atoms with Gasteiger partial charge in [-0.05, 0) is 86.8 Å². The van der Waals surface area contributed by atoms with Gasteiger partial charge in [0.15, 0.2) is 0 Å². The lowest BCUT2D eigenvalue weighted by Crippen LogP contribution is -2.15. The molecular formula is C29H31NO7. The molecular weight excluding hydrogens is 474 g/mol. The Morgan fingerprint density at radius 3 is 2.00 bits per heavy atom. The van der Waals surface area contributed by atoms with Gasteiger partial charge in [-0.3, -0.25) is 4.79 Å². The van der Waals surface area contributed by atoms with Crippen LogP contribution < -0.4 is 14.8 Å². The van der Waals surface area contributed by atoms with E-state index in [1.807, 2.05) is 33.8 Å². The predicted octanol–water partition coefficient (Wildman–Crippen LogP) is 5.42. The molecule has 8 heteroatoms. The highest BCUT2D eigenvalue weighted by molar-refractivity contribution is 6.06. The topological polar surface area (TPSA) is 100 Å². The second-order valence-corrected chi connectivity index (χ2v) is 8.49. The molecule has 3 aromatic rings. The summed E-state index contributed by atoms with van der Waals surface area (Å²) in [5, 5.41) is 2.74. The lowest BCUT2D eigenvalue weighted by molar-refractivity contribution is 0.0598. The van der Waals surface area contributed by atoms with Gasteiger partial charge in [-0.25, -0.2) is 9.59 Å². The number of hydrogen-bond donors (Lipinski definition) is 1. The molecule has 3 aromatic carbocycles. The van der Waals surface area contributed by atoms with E-state index >= 15 is 0 Å². The van der Waals surface area contributed by atoms with Gasteiger partial charge in [0.05, 0.1) is 32.0 Å². The van der Waals surface area contributed by atoms with Gasteiger partial charge in [0.2, 0.25) is 0 Å².